The minimum atomic E-state index is -0.0448. The molecule has 7 aromatic rings. The summed E-state index contributed by atoms with van der Waals surface area (Å²) in [7, 11) is 0. The Morgan fingerprint density at radius 3 is 1.26 bits per heavy atom. The Balaban J connectivity index is 1.23. The van der Waals surface area contributed by atoms with Crippen LogP contribution in [0.1, 0.15) is 188 Å². The maximum atomic E-state index is 2.71. The lowest BCUT2D eigenvalue weighted by atomic mass is 9.33. The number of fused-ring (bicyclic) bond motifs is 6. The molecule has 0 aromatic heterocycles. The lowest BCUT2D eigenvalue weighted by Crippen LogP contribution is -2.62. The van der Waals surface area contributed by atoms with E-state index in [-0.39, 0.29) is 44.6 Å². The van der Waals surface area contributed by atoms with Gasteiger partial charge in [0, 0.05) is 34.1 Å². The van der Waals surface area contributed by atoms with E-state index in [0.717, 1.165) is 0 Å². The van der Waals surface area contributed by atoms with Gasteiger partial charge in [-0.15, -0.1) is 0 Å². The highest BCUT2D eigenvalue weighted by Gasteiger charge is 2.47. The van der Waals surface area contributed by atoms with Gasteiger partial charge in [-0.2, -0.15) is 0 Å². The molecule has 7 aromatic carbocycles. The van der Waals surface area contributed by atoms with E-state index in [1.54, 1.807) is 0 Å². The van der Waals surface area contributed by atoms with Gasteiger partial charge in [0.2, 0.25) is 0 Å². The van der Waals surface area contributed by atoms with Gasteiger partial charge in [-0.3, -0.25) is 0 Å². The Bertz CT molecular complexity index is 3320. The molecule has 0 saturated carbocycles. The smallest absolute Gasteiger partial charge is 0.252 e. The van der Waals surface area contributed by atoms with Gasteiger partial charge in [-0.05, 0) is 208 Å². The lowest BCUT2D eigenvalue weighted by molar-refractivity contribution is 0.332. The second-order valence-corrected chi connectivity index (χ2v) is 29.0. The van der Waals surface area contributed by atoms with Crippen molar-refractivity contribution in [1.82, 2.24) is 0 Å². The van der Waals surface area contributed by atoms with Crippen molar-refractivity contribution in [1.29, 1.82) is 0 Å². The monoisotopic (exact) mass is 975 g/mol. The summed E-state index contributed by atoms with van der Waals surface area (Å²) in [4.78, 5) is 5.36. The summed E-state index contributed by atoms with van der Waals surface area (Å²) in [5.74, 6) is 0. The van der Waals surface area contributed by atoms with Gasteiger partial charge in [0.15, 0.2) is 0 Å². The first kappa shape index (κ1) is 50.4. The van der Waals surface area contributed by atoms with E-state index >= 15 is 0 Å². The van der Waals surface area contributed by atoms with Crippen LogP contribution in [0, 0.1) is 6.92 Å². The van der Waals surface area contributed by atoms with Gasteiger partial charge in [0.05, 0.1) is 0 Å². The molecule has 0 spiro atoms. The zero-order valence-electron chi connectivity index (χ0n) is 48.4. The third kappa shape index (κ3) is 8.30. The van der Waals surface area contributed by atoms with Crippen LogP contribution in [0.25, 0.3) is 22.3 Å². The van der Waals surface area contributed by atoms with E-state index < -0.39 is 0 Å². The fourth-order valence-corrected chi connectivity index (χ4v) is 13.3. The molecule has 0 bridgehead atoms. The number of rotatable bonds is 4. The van der Waals surface area contributed by atoms with Crippen molar-refractivity contribution in [3.8, 4) is 22.3 Å². The zero-order valence-corrected chi connectivity index (χ0v) is 48.4. The highest BCUT2D eigenvalue weighted by molar-refractivity contribution is 7.00. The van der Waals surface area contributed by atoms with Gasteiger partial charge in [-0.25, -0.2) is 0 Å². The van der Waals surface area contributed by atoms with E-state index in [1.165, 1.54) is 143 Å². The van der Waals surface area contributed by atoms with E-state index in [1.807, 2.05) is 0 Å². The highest BCUT2D eigenvalue weighted by atomic mass is 15.2. The molecule has 2 nitrogen and oxygen atoms in total. The van der Waals surface area contributed by atoms with Crippen LogP contribution < -0.4 is 26.2 Å². The van der Waals surface area contributed by atoms with Crippen LogP contribution in [-0.4, -0.2) is 6.71 Å². The molecule has 3 heteroatoms. The van der Waals surface area contributed by atoms with Gasteiger partial charge in [0.25, 0.3) is 6.71 Å². The largest absolute Gasteiger partial charge is 0.311 e. The van der Waals surface area contributed by atoms with E-state index in [0.29, 0.717) is 0 Å². The van der Waals surface area contributed by atoms with E-state index in [2.05, 4.69) is 262 Å². The molecule has 0 atom stereocenters. The third-order valence-corrected chi connectivity index (χ3v) is 18.5. The molecule has 380 valence electrons. The van der Waals surface area contributed by atoms with Crippen LogP contribution in [0.4, 0.5) is 34.1 Å². The summed E-state index contributed by atoms with van der Waals surface area (Å²) in [6.07, 6.45) is 4.72. The predicted octanol–water partition coefficient (Wildman–Crippen LogP) is 18.0. The van der Waals surface area contributed by atoms with Gasteiger partial charge in [0.1, 0.15) is 0 Å². The average Bonchev–Trinajstić information content (AvgIpc) is 3.33. The number of hydrogen-bond donors (Lipinski definition) is 0. The first-order valence-electron chi connectivity index (χ1n) is 28.0. The third-order valence-electron chi connectivity index (χ3n) is 18.5. The van der Waals surface area contributed by atoms with Crippen molar-refractivity contribution in [2.75, 3.05) is 9.80 Å². The van der Waals surface area contributed by atoms with Gasteiger partial charge >= 0.3 is 0 Å². The molecule has 4 aliphatic rings. The summed E-state index contributed by atoms with van der Waals surface area (Å²) < 4.78 is 0. The molecular weight excluding hydrogens is 892 g/mol. The second-order valence-electron chi connectivity index (χ2n) is 29.0. The minimum Gasteiger partial charge on any atom is -0.311 e. The second kappa shape index (κ2) is 16.6. The molecule has 2 aliphatic heterocycles. The summed E-state index contributed by atoms with van der Waals surface area (Å²) in [6, 6.07) is 51.5. The Morgan fingerprint density at radius 1 is 0.351 bits per heavy atom. The maximum absolute atomic E-state index is 2.71. The number of anilines is 6. The van der Waals surface area contributed by atoms with Crippen molar-refractivity contribution in [2.24, 2.45) is 0 Å². The number of benzene rings is 7. The van der Waals surface area contributed by atoms with E-state index in [9.17, 15) is 0 Å². The first-order chi connectivity index (χ1) is 34.4. The fraction of sp³-hybridized carbons (Fsp3) is 0.408. The molecular formula is C71H83BN2. The van der Waals surface area contributed by atoms with Crippen molar-refractivity contribution in [3.63, 3.8) is 0 Å². The Labute approximate surface area is 447 Å². The first-order valence-corrected chi connectivity index (χ1v) is 28.0. The summed E-state index contributed by atoms with van der Waals surface area (Å²) in [5.41, 5.74) is 28.4. The van der Waals surface area contributed by atoms with Crippen LogP contribution in [-0.2, 0) is 37.9 Å². The predicted molar refractivity (Wildman–Crippen MR) is 323 cm³/mol. The molecule has 0 fully saturated rings. The highest BCUT2D eigenvalue weighted by Crippen LogP contribution is 2.53. The topological polar surface area (TPSA) is 6.48 Å². The van der Waals surface area contributed by atoms with Crippen LogP contribution in [0.2, 0.25) is 0 Å². The summed E-state index contributed by atoms with van der Waals surface area (Å²) in [5, 5.41) is 0. The molecule has 74 heavy (non-hydrogen) atoms. The molecule has 2 heterocycles. The molecule has 0 amide bonds. The molecule has 2 aliphatic carbocycles. The minimum absolute atomic E-state index is 0.0251. The van der Waals surface area contributed by atoms with Crippen LogP contribution in [0.3, 0.4) is 0 Å². The maximum Gasteiger partial charge on any atom is 0.252 e. The Morgan fingerprint density at radius 2 is 0.770 bits per heavy atom. The van der Waals surface area contributed by atoms with Crippen LogP contribution in [0.5, 0.6) is 0 Å². The van der Waals surface area contributed by atoms with Crippen molar-refractivity contribution in [2.45, 2.75) is 188 Å². The van der Waals surface area contributed by atoms with Crippen LogP contribution in [0.15, 0.2) is 127 Å². The van der Waals surface area contributed by atoms with Gasteiger partial charge < -0.3 is 9.80 Å². The number of nitrogens with zero attached hydrogens (tertiary/aromatic N) is 2. The number of hydrogen-bond acceptors (Lipinski definition) is 2. The van der Waals surface area contributed by atoms with Crippen LogP contribution >= 0.6 is 0 Å². The number of aryl methyl sites for hydroxylation is 1. The Hall–Kier alpha value is -5.80. The van der Waals surface area contributed by atoms with Gasteiger partial charge in [-0.1, -0.05) is 190 Å². The molecule has 0 radical (unpaired) electrons. The normalized spacial score (nSPS) is 18.0. The van der Waals surface area contributed by atoms with Crippen molar-refractivity contribution in [3.05, 3.63) is 172 Å². The Kier molecular flexibility index (Phi) is 11.3. The zero-order chi connectivity index (χ0) is 53.0. The molecule has 0 saturated heterocycles. The fourth-order valence-electron chi connectivity index (χ4n) is 13.3. The average molecular weight is 975 g/mol. The lowest BCUT2D eigenvalue weighted by Gasteiger charge is -2.48. The van der Waals surface area contributed by atoms with Crippen molar-refractivity contribution < 1.29 is 0 Å². The molecule has 0 unspecified atom stereocenters. The summed E-state index contributed by atoms with van der Waals surface area (Å²) >= 11 is 0. The molecule has 11 rings (SSSR count). The standard InChI is InChI=1S/C71H83BN2/c1-44-35-62-64-63(36-44)74(53-38-47(45-19-23-49(24-20-45)65(2,3)4)37-48(39-53)46-21-25-50(26-22-46)66(5,6)7)60-30-27-51(67(8,9)10)40-58(60)72(64)59-42-56-57(71(17,18)34-33-70(56,15)16)43-61(59)73(62)52-28-29-54-55(41-52)69(13,14)32-31-68(54,11)12/h19-30,35-43H,31-34H2,1-18H3. The summed E-state index contributed by atoms with van der Waals surface area (Å²) in [6.45, 7) is 43.1. The van der Waals surface area contributed by atoms with E-state index in [4.69, 9.17) is 0 Å². The quantitative estimate of drug-likeness (QED) is 0.162. The molecule has 0 N–H and O–H groups in total. The van der Waals surface area contributed by atoms with Crippen molar-refractivity contribution >= 4 is 57.2 Å². The SMILES string of the molecule is Cc1cc2c3c(c1)N(c1ccc4c(c1)C(C)(C)CCC4(C)C)c1cc4c(cc1B3c1cc(C(C)(C)C)ccc1N2c1cc(-c2ccc(C(C)(C)C)cc2)cc(-c2ccc(C(C)(C)C)cc2)c1)C(C)(C)CCC4(C)C.